The molecule has 3 atom stereocenters. The molecule has 0 saturated carbocycles. The van der Waals surface area contributed by atoms with Gasteiger partial charge in [-0.3, -0.25) is 4.79 Å². The molecule has 1 fully saturated rings. The highest BCUT2D eigenvalue weighted by Gasteiger charge is 2.33. The third-order valence-electron chi connectivity index (χ3n) is 3.45. The molecule has 0 aromatic rings. The van der Waals surface area contributed by atoms with Crippen LogP contribution in [0.5, 0.6) is 0 Å². The van der Waals surface area contributed by atoms with Gasteiger partial charge in [0.25, 0.3) is 0 Å². The van der Waals surface area contributed by atoms with Gasteiger partial charge >= 0.3 is 12.0 Å². The summed E-state index contributed by atoms with van der Waals surface area (Å²) in [5, 5.41) is 11.9. The third-order valence-corrected chi connectivity index (χ3v) is 3.45. The standard InChI is InChI=1S/C13H24N2O4/c1-4-19-8-10(3)14-13(18)15-6-5-11(12(16)17)9(2)7-15/h9-11H,4-8H2,1-3H3,(H,14,18)(H,16,17). The molecule has 2 N–H and O–H groups in total. The Bertz CT molecular complexity index is 322. The highest BCUT2D eigenvalue weighted by atomic mass is 16.5. The number of hydrogen-bond donors (Lipinski definition) is 2. The first kappa shape index (κ1) is 15.8. The number of carboxylic acid groups (broad SMARTS) is 1. The number of piperidine rings is 1. The van der Waals surface area contributed by atoms with E-state index in [2.05, 4.69) is 5.32 Å². The number of likely N-dealkylation sites (tertiary alicyclic amines) is 1. The molecule has 0 aromatic carbocycles. The molecule has 1 aliphatic heterocycles. The lowest BCUT2D eigenvalue weighted by Gasteiger charge is -2.35. The molecule has 1 aliphatic rings. The lowest BCUT2D eigenvalue weighted by atomic mass is 9.87. The van der Waals surface area contributed by atoms with Crippen molar-refractivity contribution in [1.29, 1.82) is 0 Å². The SMILES string of the molecule is CCOCC(C)NC(=O)N1CCC(C(=O)O)C(C)C1. The Morgan fingerprint density at radius 2 is 2.21 bits per heavy atom. The van der Waals surface area contributed by atoms with E-state index >= 15 is 0 Å². The van der Waals surface area contributed by atoms with E-state index in [0.717, 1.165) is 0 Å². The fourth-order valence-electron chi connectivity index (χ4n) is 2.34. The minimum Gasteiger partial charge on any atom is -0.481 e. The zero-order valence-electron chi connectivity index (χ0n) is 11.9. The molecule has 0 aliphatic carbocycles. The average molecular weight is 272 g/mol. The van der Waals surface area contributed by atoms with E-state index in [4.69, 9.17) is 9.84 Å². The van der Waals surface area contributed by atoms with Crippen LogP contribution in [-0.4, -0.2) is 54.4 Å². The second-order valence-corrected chi connectivity index (χ2v) is 5.17. The predicted octanol–water partition coefficient (Wildman–Crippen LogP) is 1.16. The summed E-state index contributed by atoms with van der Waals surface area (Å²) < 4.78 is 5.24. The summed E-state index contributed by atoms with van der Waals surface area (Å²) in [6.45, 7) is 7.78. The number of aliphatic carboxylic acids is 1. The summed E-state index contributed by atoms with van der Waals surface area (Å²) in [6, 6.07) is -0.178. The van der Waals surface area contributed by atoms with Crippen molar-refractivity contribution in [2.24, 2.45) is 11.8 Å². The van der Waals surface area contributed by atoms with Crippen LogP contribution in [0.4, 0.5) is 4.79 Å². The average Bonchev–Trinajstić information content (AvgIpc) is 2.35. The number of ether oxygens (including phenoxy) is 1. The number of rotatable bonds is 5. The van der Waals surface area contributed by atoms with Crippen LogP contribution in [0.25, 0.3) is 0 Å². The predicted molar refractivity (Wildman–Crippen MR) is 71.0 cm³/mol. The van der Waals surface area contributed by atoms with Crippen LogP contribution in [0.1, 0.15) is 27.2 Å². The van der Waals surface area contributed by atoms with Crippen LogP contribution in [0.15, 0.2) is 0 Å². The number of nitrogens with one attached hydrogen (secondary N) is 1. The molecule has 1 heterocycles. The van der Waals surface area contributed by atoms with Gasteiger partial charge in [0.2, 0.25) is 0 Å². The van der Waals surface area contributed by atoms with Crippen molar-refractivity contribution in [3.63, 3.8) is 0 Å². The molecule has 0 aromatic heterocycles. The molecule has 1 saturated heterocycles. The minimum atomic E-state index is -0.766. The fourth-order valence-corrected chi connectivity index (χ4v) is 2.34. The van der Waals surface area contributed by atoms with Crippen LogP contribution in [0.3, 0.4) is 0 Å². The summed E-state index contributed by atoms with van der Waals surface area (Å²) in [4.78, 5) is 24.7. The van der Waals surface area contributed by atoms with Crippen molar-refractivity contribution in [2.75, 3.05) is 26.3 Å². The molecule has 6 heteroatoms. The van der Waals surface area contributed by atoms with E-state index in [1.54, 1.807) is 4.90 Å². The molecular weight excluding hydrogens is 248 g/mol. The van der Waals surface area contributed by atoms with E-state index in [0.29, 0.717) is 32.7 Å². The van der Waals surface area contributed by atoms with Gasteiger partial charge in [-0.15, -0.1) is 0 Å². The van der Waals surface area contributed by atoms with Crippen molar-refractivity contribution < 1.29 is 19.4 Å². The largest absolute Gasteiger partial charge is 0.481 e. The van der Waals surface area contributed by atoms with Gasteiger partial charge in [0.1, 0.15) is 0 Å². The zero-order chi connectivity index (χ0) is 14.4. The maximum Gasteiger partial charge on any atom is 0.317 e. The number of carbonyl (C=O) groups is 2. The smallest absolute Gasteiger partial charge is 0.317 e. The number of carbonyl (C=O) groups excluding carboxylic acids is 1. The summed E-state index contributed by atoms with van der Waals surface area (Å²) in [6.07, 6.45) is 0.518. The molecule has 3 unspecified atom stereocenters. The first-order valence-electron chi connectivity index (χ1n) is 6.81. The van der Waals surface area contributed by atoms with Crippen LogP contribution in [0, 0.1) is 11.8 Å². The fraction of sp³-hybridized carbons (Fsp3) is 0.846. The van der Waals surface area contributed by atoms with E-state index < -0.39 is 5.97 Å². The summed E-state index contributed by atoms with van der Waals surface area (Å²) >= 11 is 0. The van der Waals surface area contributed by atoms with Crippen molar-refractivity contribution in [1.82, 2.24) is 10.2 Å². The maximum absolute atomic E-state index is 12.0. The molecule has 0 bridgehead atoms. The summed E-state index contributed by atoms with van der Waals surface area (Å²) in [5.74, 6) is -1.12. The second-order valence-electron chi connectivity index (χ2n) is 5.17. The van der Waals surface area contributed by atoms with Crippen LogP contribution in [0.2, 0.25) is 0 Å². The number of nitrogens with zero attached hydrogens (tertiary/aromatic N) is 1. The van der Waals surface area contributed by atoms with E-state index in [-0.39, 0.29) is 23.9 Å². The van der Waals surface area contributed by atoms with Gasteiger partial charge in [-0.2, -0.15) is 0 Å². The van der Waals surface area contributed by atoms with Gasteiger partial charge in [0, 0.05) is 19.7 Å². The van der Waals surface area contributed by atoms with Gasteiger partial charge in [0.15, 0.2) is 0 Å². The molecule has 19 heavy (non-hydrogen) atoms. The molecular formula is C13H24N2O4. The van der Waals surface area contributed by atoms with Crippen molar-refractivity contribution in [3.8, 4) is 0 Å². The van der Waals surface area contributed by atoms with Gasteiger partial charge < -0.3 is 20.1 Å². The van der Waals surface area contributed by atoms with Gasteiger partial charge in [0.05, 0.1) is 18.6 Å². The summed E-state index contributed by atoms with van der Waals surface area (Å²) in [5.41, 5.74) is 0. The molecule has 1 rings (SSSR count). The maximum atomic E-state index is 12.0. The third kappa shape index (κ3) is 4.70. The van der Waals surface area contributed by atoms with Crippen LogP contribution >= 0.6 is 0 Å². The Labute approximate surface area is 114 Å². The van der Waals surface area contributed by atoms with E-state index in [1.165, 1.54) is 0 Å². The Morgan fingerprint density at radius 3 is 2.74 bits per heavy atom. The van der Waals surface area contributed by atoms with Gasteiger partial charge in [-0.05, 0) is 26.2 Å². The van der Waals surface area contributed by atoms with Crippen LogP contribution in [-0.2, 0) is 9.53 Å². The van der Waals surface area contributed by atoms with E-state index in [9.17, 15) is 9.59 Å². The van der Waals surface area contributed by atoms with E-state index in [1.807, 2.05) is 20.8 Å². The quantitative estimate of drug-likeness (QED) is 0.787. The molecule has 110 valence electrons. The van der Waals surface area contributed by atoms with Crippen molar-refractivity contribution in [2.45, 2.75) is 33.2 Å². The Morgan fingerprint density at radius 1 is 1.53 bits per heavy atom. The highest BCUT2D eigenvalue weighted by Crippen LogP contribution is 2.23. The lowest BCUT2D eigenvalue weighted by molar-refractivity contribution is -0.145. The first-order chi connectivity index (χ1) is 8.95. The number of hydrogen-bond acceptors (Lipinski definition) is 3. The number of amides is 2. The monoisotopic (exact) mass is 272 g/mol. The first-order valence-corrected chi connectivity index (χ1v) is 6.81. The number of urea groups is 1. The topological polar surface area (TPSA) is 78.9 Å². The minimum absolute atomic E-state index is 0.0146. The van der Waals surface area contributed by atoms with Crippen molar-refractivity contribution >= 4 is 12.0 Å². The lowest BCUT2D eigenvalue weighted by Crippen LogP contribution is -2.51. The Kier molecular flexibility index (Phi) is 6.08. The normalized spacial score (nSPS) is 24.9. The van der Waals surface area contributed by atoms with Crippen LogP contribution < -0.4 is 5.32 Å². The Hall–Kier alpha value is -1.30. The molecule has 6 nitrogen and oxygen atoms in total. The molecule has 0 radical (unpaired) electrons. The second kappa shape index (κ2) is 7.33. The summed E-state index contributed by atoms with van der Waals surface area (Å²) in [7, 11) is 0. The zero-order valence-corrected chi connectivity index (χ0v) is 11.9. The highest BCUT2D eigenvalue weighted by molar-refractivity contribution is 5.75. The van der Waals surface area contributed by atoms with Crippen molar-refractivity contribution in [3.05, 3.63) is 0 Å². The Balaban J connectivity index is 2.41. The number of carboxylic acids is 1. The molecule has 0 spiro atoms. The van der Waals surface area contributed by atoms with Gasteiger partial charge in [-0.1, -0.05) is 6.92 Å². The van der Waals surface area contributed by atoms with Gasteiger partial charge in [-0.25, -0.2) is 4.79 Å². The molecule has 2 amide bonds.